The van der Waals surface area contributed by atoms with Crippen LogP contribution in [0.3, 0.4) is 0 Å². The SMILES string of the molecule is CC(C)c1cccc(C(C)C)c1-c1cnc(N)c(N)n1. The molecule has 0 aliphatic carbocycles. The van der Waals surface area contributed by atoms with Gasteiger partial charge in [-0.1, -0.05) is 45.9 Å². The van der Waals surface area contributed by atoms with Gasteiger partial charge in [0.25, 0.3) is 0 Å². The molecule has 0 saturated carbocycles. The van der Waals surface area contributed by atoms with E-state index in [-0.39, 0.29) is 11.6 Å². The monoisotopic (exact) mass is 270 g/mol. The zero-order valence-electron chi connectivity index (χ0n) is 12.5. The molecule has 0 spiro atoms. The summed E-state index contributed by atoms with van der Waals surface area (Å²) in [6.07, 6.45) is 1.71. The number of benzene rings is 1. The van der Waals surface area contributed by atoms with Gasteiger partial charge in [-0.15, -0.1) is 0 Å². The standard InChI is InChI=1S/C16H22N4/c1-9(2)11-6-5-7-12(10(3)4)14(11)13-8-19-15(17)16(18)20-13/h5-10H,1-4H3,(H2,17,19)(H2,18,20). The topological polar surface area (TPSA) is 77.8 Å². The Kier molecular flexibility index (Phi) is 3.93. The first-order valence-corrected chi connectivity index (χ1v) is 6.93. The van der Waals surface area contributed by atoms with Crippen molar-refractivity contribution in [2.24, 2.45) is 0 Å². The number of aromatic nitrogens is 2. The number of hydrogen-bond donors (Lipinski definition) is 2. The van der Waals surface area contributed by atoms with E-state index in [2.05, 4.69) is 55.9 Å². The van der Waals surface area contributed by atoms with Crippen LogP contribution in [0.4, 0.5) is 11.6 Å². The van der Waals surface area contributed by atoms with Gasteiger partial charge in [0.15, 0.2) is 11.6 Å². The second-order valence-electron chi connectivity index (χ2n) is 5.65. The molecule has 0 aliphatic heterocycles. The van der Waals surface area contributed by atoms with E-state index in [4.69, 9.17) is 11.5 Å². The predicted molar refractivity (Wildman–Crippen MR) is 84.5 cm³/mol. The van der Waals surface area contributed by atoms with E-state index in [1.54, 1.807) is 6.20 Å². The van der Waals surface area contributed by atoms with Crippen LogP contribution < -0.4 is 11.5 Å². The summed E-state index contributed by atoms with van der Waals surface area (Å²) in [6.45, 7) is 8.71. The van der Waals surface area contributed by atoms with Crippen molar-refractivity contribution >= 4 is 11.6 Å². The van der Waals surface area contributed by atoms with Crippen molar-refractivity contribution in [3.8, 4) is 11.3 Å². The van der Waals surface area contributed by atoms with Gasteiger partial charge in [-0.3, -0.25) is 0 Å². The van der Waals surface area contributed by atoms with Gasteiger partial charge in [0.2, 0.25) is 0 Å². The molecule has 106 valence electrons. The zero-order chi connectivity index (χ0) is 14.9. The fraction of sp³-hybridized carbons (Fsp3) is 0.375. The third-order valence-electron chi connectivity index (χ3n) is 3.46. The Balaban J connectivity index is 2.72. The molecular formula is C16H22N4. The smallest absolute Gasteiger partial charge is 0.166 e. The Bertz CT molecular complexity index is 592. The summed E-state index contributed by atoms with van der Waals surface area (Å²) >= 11 is 0. The van der Waals surface area contributed by atoms with Crippen molar-refractivity contribution in [3.63, 3.8) is 0 Å². The van der Waals surface area contributed by atoms with Crippen LogP contribution in [0.5, 0.6) is 0 Å². The third kappa shape index (κ3) is 2.59. The number of rotatable bonds is 3. The molecule has 0 atom stereocenters. The van der Waals surface area contributed by atoms with Crippen molar-refractivity contribution in [2.75, 3.05) is 11.5 Å². The highest BCUT2D eigenvalue weighted by atomic mass is 15.0. The summed E-state index contributed by atoms with van der Waals surface area (Å²) in [5.41, 5.74) is 15.9. The molecule has 0 fully saturated rings. The largest absolute Gasteiger partial charge is 0.381 e. The first-order valence-electron chi connectivity index (χ1n) is 6.93. The number of nitrogens with zero attached hydrogens (tertiary/aromatic N) is 2. The molecule has 2 rings (SSSR count). The van der Waals surface area contributed by atoms with E-state index in [1.165, 1.54) is 11.1 Å². The average Bonchev–Trinajstić information content (AvgIpc) is 2.41. The molecule has 20 heavy (non-hydrogen) atoms. The van der Waals surface area contributed by atoms with Crippen LogP contribution in [-0.4, -0.2) is 9.97 Å². The van der Waals surface area contributed by atoms with Gasteiger partial charge in [-0.25, -0.2) is 9.97 Å². The van der Waals surface area contributed by atoms with Gasteiger partial charge in [0.1, 0.15) is 0 Å². The van der Waals surface area contributed by atoms with Crippen LogP contribution in [0.2, 0.25) is 0 Å². The highest BCUT2D eigenvalue weighted by Gasteiger charge is 2.17. The molecule has 0 unspecified atom stereocenters. The number of nitrogen functional groups attached to an aromatic ring is 2. The molecule has 0 bridgehead atoms. The van der Waals surface area contributed by atoms with Gasteiger partial charge < -0.3 is 11.5 Å². The van der Waals surface area contributed by atoms with Crippen molar-refractivity contribution in [1.29, 1.82) is 0 Å². The minimum Gasteiger partial charge on any atom is -0.381 e. The second kappa shape index (κ2) is 5.49. The van der Waals surface area contributed by atoms with E-state index < -0.39 is 0 Å². The quantitative estimate of drug-likeness (QED) is 0.894. The lowest BCUT2D eigenvalue weighted by atomic mass is 9.87. The lowest BCUT2D eigenvalue weighted by Crippen LogP contribution is -2.05. The molecule has 4 heteroatoms. The van der Waals surface area contributed by atoms with E-state index in [1.807, 2.05) is 0 Å². The first-order chi connectivity index (χ1) is 9.41. The van der Waals surface area contributed by atoms with Crippen molar-refractivity contribution in [1.82, 2.24) is 9.97 Å². The fourth-order valence-corrected chi connectivity index (χ4v) is 2.38. The Labute approximate surface area is 120 Å². The first kappa shape index (κ1) is 14.3. The summed E-state index contributed by atoms with van der Waals surface area (Å²) in [6, 6.07) is 6.38. The molecular weight excluding hydrogens is 248 g/mol. The maximum Gasteiger partial charge on any atom is 0.166 e. The second-order valence-corrected chi connectivity index (χ2v) is 5.65. The number of anilines is 2. The maximum atomic E-state index is 5.81. The maximum absolute atomic E-state index is 5.81. The molecule has 4 N–H and O–H groups in total. The van der Waals surface area contributed by atoms with E-state index in [9.17, 15) is 0 Å². The van der Waals surface area contributed by atoms with Crippen molar-refractivity contribution in [3.05, 3.63) is 35.5 Å². The highest BCUT2D eigenvalue weighted by molar-refractivity contribution is 5.71. The van der Waals surface area contributed by atoms with Crippen LogP contribution in [-0.2, 0) is 0 Å². The Morgan fingerprint density at radius 3 is 1.90 bits per heavy atom. The predicted octanol–water partition coefficient (Wildman–Crippen LogP) is 3.55. The van der Waals surface area contributed by atoms with Crippen LogP contribution in [0.15, 0.2) is 24.4 Å². The number of nitrogens with two attached hydrogens (primary N) is 2. The lowest BCUT2D eigenvalue weighted by Gasteiger charge is -2.19. The minimum atomic E-state index is 0.280. The molecule has 1 aromatic carbocycles. The van der Waals surface area contributed by atoms with Crippen molar-refractivity contribution in [2.45, 2.75) is 39.5 Å². The normalized spacial score (nSPS) is 11.3. The molecule has 0 amide bonds. The van der Waals surface area contributed by atoms with Gasteiger partial charge >= 0.3 is 0 Å². The number of hydrogen-bond acceptors (Lipinski definition) is 4. The molecule has 0 radical (unpaired) electrons. The zero-order valence-corrected chi connectivity index (χ0v) is 12.5. The summed E-state index contributed by atoms with van der Waals surface area (Å²) in [4.78, 5) is 8.57. The van der Waals surface area contributed by atoms with E-state index in [0.29, 0.717) is 11.8 Å². The molecule has 1 heterocycles. The minimum absolute atomic E-state index is 0.280. The average molecular weight is 270 g/mol. The molecule has 0 aliphatic rings. The summed E-state index contributed by atoms with van der Waals surface area (Å²) < 4.78 is 0. The molecule has 2 aromatic rings. The van der Waals surface area contributed by atoms with Crippen LogP contribution in [0.1, 0.15) is 50.7 Å². The van der Waals surface area contributed by atoms with E-state index in [0.717, 1.165) is 11.3 Å². The van der Waals surface area contributed by atoms with E-state index >= 15 is 0 Å². The Morgan fingerprint density at radius 1 is 0.900 bits per heavy atom. The van der Waals surface area contributed by atoms with Gasteiger partial charge in [-0.05, 0) is 23.0 Å². The van der Waals surface area contributed by atoms with Gasteiger partial charge in [-0.2, -0.15) is 0 Å². The summed E-state index contributed by atoms with van der Waals surface area (Å²) in [7, 11) is 0. The fourth-order valence-electron chi connectivity index (χ4n) is 2.38. The highest BCUT2D eigenvalue weighted by Crippen LogP contribution is 2.35. The Morgan fingerprint density at radius 2 is 1.45 bits per heavy atom. The van der Waals surface area contributed by atoms with Gasteiger partial charge in [0, 0.05) is 5.56 Å². The third-order valence-corrected chi connectivity index (χ3v) is 3.46. The lowest BCUT2D eigenvalue weighted by molar-refractivity contribution is 0.836. The molecule has 1 aromatic heterocycles. The Hall–Kier alpha value is -2.10. The summed E-state index contributed by atoms with van der Waals surface area (Å²) in [5.74, 6) is 1.38. The van der Waals surface area contributed by atoms with Crippen molar-refractivity contribution < 1.29 is 0 Å². The van der Waals surface area contributed by atoms with Gasteiger partial charge in [0.05, 0.1) is 11.9 Å². The van der Waals surface area contributed by atoms with Crippen LogP contribution in [0, 0.1) is 0 Å². The summed E-state index contributed by atoms with van der Waals surface area (Å²) in [5, 5.41) is 0. The van der Waals surface area contributed by atoms with Crippen LogP contribution >= 0.6 is 0 Å². The molecule has 0 saturated heterocycles. The molecule has 4 nitrogen and oxygen atoms in total. The van der Waals surface area contributed by atoms with Crippen LogP contribution in [0.25, 0.3) is 11.3 Å².